The minimum absolute atomic E-state index is 0.0121. The van der Waals surface area contributed by atoms with Crippen LogP contribution in [0.3, 0.4) is 0 Å². The molecular weight excluding hydrogens is 348 g/mol. The molecule has 1 amide bonds. The van der Waals surface area contributed by atoms with Crippen molar-refractivity contribution in [3.05, 3.63) is 42.1 Å². The van der Waals surface area contributed by atoms with Gasteiger partial charge in [-0.2, -0.15) is 5.10 Å². The van der Waals surface area contributed by atoms with Crippen LogP contribution in [0.1, 0.15) is 18.9 Å². The van der Waals surface area contributed by atoms with Gasteiger partial charge >= 0.3 is 0 Å². The molecule has 1 aromatic carbocycles. The topological polar surface area (TPSA) is 74.9 Å². The van der Waals surface area contributed by atoms with Gasteiger partial charge in [-0.05, 0) is 25.5 Å². The number of thioether (sulfide) groups is 1. The van der Waals surface area contributed by atoms with E-state index >= 15 is 0 Å². The number of fused-ring (bicyclic) bond motifs is 3. The highest BCUT2D eigenvalue weighted by atomic mass is 32.2. The third-order valence-corrected chi connectivity index (χ3v) is 5.16. The first-order valence-corrected chi connectivity index (χ1v) is 9.70. The Morgan fingerprint density at radius 3 is 2.96 bits per heavy atom. The molecule has 1 N–H and O–H groups in total. The van der Waals surface area contributed by atoms with E-state index in [-0.39, 0.29) is 5.91 Å². The molecule has 0 saturated heterocycles. The smallest absolute Gasteiger partial charge is 0.230 e. The number of rotatable bonds is 4. The van der Waals surface area contributed by atoms with Gasteiger partial charge in [0, 0.05) is 19.6 Å². The standard InChI is InChI=1S/C18H20N6OS/c1-2-19-15(25)12-26-18-22-17-14(16-20-9-6-10-23(16)18)11-21-24(17)13-7-4-3-5-8-13/h3-5,7-8,11H,2,6,9-10,12H2,1H3,(H,19,25). The summed E-state index contributed by atoms with van der Waals surface area (Å²) in [6.07, 6.45) is 2.81. The Bertz CT molecular complexity index is 873. The highest BCUT2D eigenvalue weighted by Crippen LogP contribution is 2.33. The Balaban J connectivity index is 1.71. The zero-order valence-electron chi connectivity index (χ0n) is 14.6. The van der Waals surface area contributed by atoms with Gasteiger partial charge in [-0.1, -0.05) is 30.0 Å². The van der Waals surface area contributed by atoms with Crippen LogP contribution in [-0.2, 0) is 4.79 Å². The van der Waals surface area contributed by atoms with Crippen molar-refractivity contribution in [1.29, 1.82) is 0 Å². The predicted octanol–water partition coefficient (Wildman–Crippen LogP) is 2.20. The van der Waals surface area contributed by atoms with Gasteiger partial charge in [0.1, 0.15) is 5.84 Å². The molecule has 0 radical (unpaired) electrons. The monoisotopic (exact) mass is 368 g/mol. The molecule has 0 fully saturated rings. The van der Waals surface area contributed by atoms with Gasteiger partial charge < -0.3 is 10.2 Å². The number of hydrogen-bond donors (Lipinski definition) is 1. The summed E-state index contributed by atoms with van der Waals surface area (Å²) >= 11 is 1.44. The normalized spacial score (nSPS) is 15.7. The molecule has 0 bridgehead atoms. The minimum atomic E-state index is 0.0121. The van der Waals surface area contributed by atoms with Crippen molar-refractivity contribution in [3.63, 3.8) is 0 Å². The Kier molecular flexibility index (Phi) is 4.75. The summed E-state index contributed by atoms with van der Waals surface area (Å²) in [6, 6.07) is 9.93. The van der Waals surface area contributed by atoms with E-state index in [1.165, 1.54) is 11.8 Å². The molecule has 134 valence electrons. The van der Waals surface area contributed by atoms with Gasteiger partial charge in [-0.25, -0.2) is 9.67 Å². The van der Waals surface area contributed by atoms with Crippen LogP contribution in [0.15, 0.2) is 46.5 Å². The fourth-order valence-corrected chi connectivity index (χ4v) is 3.87. The molecule has 4 rings (SSSR count). The average Bonchev–Trinajstić information content (AvgIpc) is 3.11. The van der Waals surface area contributed by atoms with E-state index < -0.39 is 0 Å². The summed E-state index contributed by atoms with van der Waals surface area (Å²) in [5.41, 5.74) is 1.89. The maximum absolute atomic E-state index is 11.9. The summed E-state index contributed by atoms with van der Waals surface area (Å²) < 4.78 is 1.83. The highest BCUT2D eigenvalue weighted by Gasteiger charge is 2.31. The van der Waals surface area contributed by atoms with Crippen molar-refractivity contribution in [2.75, 3.05) is 25.4 Å². The maximum atomic E-state index is 11.9. The zero-order chi connectivity index (χ0) is 17.9. The first-order chi connectivity index (χ1) is 12.8. The largest absolute Gasteiger partial charge is 0.356 e. The van der Waals surface area contributed by atoms with Crippen molar-refractivity contribution in [2.24, 2.45) is 9.98 Å². The number of para-hydroxylation sites is 1. The summed E-state index contributed by atoms with van der Waals surface area (Å²) in [5.74, 6) is 2.03. The molecule has 2 aromatic rings. The molecule has 8 heteroatoms. The SMILES string of the molecule is CCNC(=O)CSC1=Nc2c(cnn2-c2ccccc2)C2=NCCCN12. The molecule has 0 spiro atoms. The lowest BCUT2D eigenvalue weighted by Crippen LogP contribution is -2.42. The number of amides is 1. The van der Waals surface area contributed by atoms with Gasteiger partial charge in [0.25, 0.3) is 0 Å². The second-order valence-corrected chi connectivity index (χ2v) is 6.92. The fraction of sp³-hybridized carbons (Fsp3) is 0.333. The van der Waals surface area contributed by atoms with Crippen molar-refractivity contribution in [3.8, 4) is 5.69 Å². The minimum Gasteiger partial charge on any atom is -0.356 e. The van der Waals surface area contributed by atoms with Crippen molar-refractivity contribution in [2.45, 2.75) is 13.3 Å². The van der Waals surface area contributed by atoms with E-state index in [1.54, 1.807) is 0 Å². The van der Waals surface area contributed by atoms with Crippen molar-refractivity contribution >= 4 is 34.5 Å². The summed E-state index contributed by atoms with van der Waals surface area (Å²) in [4.78, 5) is 23.5. The lowest BCUT2D eigenvalue weighted by molar-refractivity contribution is -0.118. The Hall–Kier alpha value is -2.61. The fourth-order valence-electron chi connectivity index (χ4n) is 3.03. The third-order valence-electron chi connectivity index (χ3n) is 4.18. The average molecular weight is 368 g/mol. The van der Waals surface area contributed by atoms with Crippen molar-refractivity contribution in [1.82, 2.24) is 20.0 Å². The van der Waals surface area contributed by atoms with Crippen LogP contribution in [0, 0.1) is 0 Å². The third kappa shape index (κ3) is 3.12. The molecule has 2 aliphatic heterocycles. The first kappa shape index (κ1) is 16.8. The van der Waals surface area contributed by atoms with Crippen molar-refractivity contribution < 1.29 is 4.79 Å². The summed E-state index contributed by atoms with van der Waals surface area (Å²) in [7, 11) is 0. The number of aliphatic imine (C=N–C) groups is 2. The van der Waals surface area contributed by atoms with Gasteiger partial charge in [0.2, 0.25) is 5.91 Å². The van der Waals surface area contributed by atoms with Crippen LogP contribution in [0.4, 0.5) is 5.82 Å². The first-order valence-electron chi connectivity index (χ1n) is 8.72. The van der Waals surface area contributed by atoms with E-state index in [1.807, 2.05) is 48.1 Å². The van der Waals surface area contributed by atoms with Gasteiger partial charge in [-0.15, -0.1) is 0 Å². The predicted molar refractivity (Wildman–Crippen MR) is 105 cm³/mol. The number of nitrogens with zero attached hydrogens (tertiary/aromatic N) is 5. The van der Waals surface area contributed by atoms with Crippen LogP contribution in [0.5, 0.6) is 0 Å². The van der Waals surface area contributed by atoms with Gasteiger partial charge in [-0.3, -0.25) is 9.79 Å². The van der Waals surface area contributed by atoms with Crippen LogP contribution in [0.2, 0.25) is 0 Å². The van der Waals surface area contributed by atoms with Crippen LogP contribution < -0.4 is 5.32 Å². The Morgan fingerprint density at radius 1 is 1.31 bits per heavy atom. The van der Waals surface area contributed by atoms with E-state index in [9.17, 15) is 4.79 Å². The lowest BCUT2D eigenvalue weighted by Gasteiger charge is -2.32. The van der Waals surface area contributed by atoms with Gasteiger partial charge in [0.05, 0.1) is 23.2 Å². The molecule has 26 heavy (non-hydrogen) atoms. The molecule has 3 heterocycles. The molecule has 1 aromatic heterocycles. The van der Waals surface area contributed by atoms with E-state index in [4.69, 9.17) is 9.98 Å². The molecule has 7 nitrogen and oxygen atoms in total. The molecular formula is C18H20N6OS. The van der Waals surface area contributed by atoms with Crippen LogP contribution in [-0.4, -0.2) is 57.0 Å². The molecule has 0 aliphatic carbocycles. The number of benzene rings is 1. The van der Waals surface area contributed by atoms with Crippen LogP contribution >= 0.6 is 11.8 Å². The van der Waals surface area contributed by atoms with Gasteiger partial charge in [0.15, 0.2) is 11.0 Å². The van der Waals surface area contributed by atoms with E-state index in [0.717, 1.165) is 47.6 Å². The number of carbonyl (C=O) groups excluding carboxylic acids is 1. The summed E-state index contributed by atoms with van der Waals surface area (Å²) in [5, 5.41) is 8.16. The lowest BCUT2D eigenvalue weighted by atomic mass is 10.2. The zero-order valence-corrected chi connectivity index (χ0v) is 15.4. The van der Waals surface area contributed by atoms with E-state index in [2.05, 4.69) is 15.3 Å². The molecule has 0 unspecified atom stereocenters. The molecule has 2 aliphatic rings. The maximum Gasteiger partial charge on any atom is 0.230 e. The Morgan fingerprint density at radius 2 is 2.15 bits per heavy atom. The number of nitrogens with one attached hydrogen (secondary N) is 1. The van der Waals surface area contributed by atoms with E-state index in [0.29, 0.717) is 12.3 Å². The molecule has 0 saturated carbocycles. The number of hydrogen-bond acceptors (Lipinski definition) is 6. The summed E-state index contributed by atoms with van der Waals surface area (Å²) in [6.45, 7) is 4.21. The molecule has 0 atom stereocenters. The second kappa shape index (κ2) is 7.33. The Labute approximate surface area is 156 Å². The quantitative estimate of drug-likeness (QED) is 0.898. The highest BCUT2D eigenvalue weighted by molar-refractivity contribution is 8.14. The second-order valence-electron chi connectivity index (χ2n) is 5.98. The number of amidine groups is 2. The van der Waals surface area contributed by atoms with Crippen LogP contribution in [0.25, 0.3) is 5.69 Å². The number of aromatic nitrogens is 2. The number of carbonyl (C=O) groups is 1.